The molecule has 1 atom stereocenters. The molecular weight excluding hydrogens is 468 g/mol. The Morgan fingerprint density at radius 1 is 1.22 bits per heavy atom. The van der Waals surface area contributed by atoms with Crippen molar-refractivity contribution in [2.45, 2.75) is 52.9 Å². The fourth-order valence-electron chi connectivity index (χ4n) is 5.11. The molecule has 1 aromatic heterocycles. The van der Waals surface area contributed by atoms with Crippen molar-refractivity contribution in [2.24, 2.45) is 11.8 Å². The molecule has 6 nitrogen and oxygen atoms in total. The van der Waals surface area contributed by atoms with Gasteiger partial charge in [-0.3, -0.25) is 4.79 Å². The zero-order chi connectivity index (χ0) is 25.7. The van der Waals surface area contributed by atoms with Crippen LogP contribution in [0.4, 0.5) is 0 Å². The third-order valence-corrected chi connectivity index (χ3v) is 7.95. The van der Waals surface area contributed by atoms with E-state index in [-0.39, 0.29) is 5.92 Å². The van der Waals surface area contributed by atoms with E-state index in [0.29, 0.717) is 18.0 Å². The lowest BCUT2D eigenvalue weighted by Gasteiger charge is -2.30. The van der Waals surface area contributed by atoms with Crippen molar-refractivity contribution < 1.29 is 9.90 Å². The number of carboxylic acids is 1. The lowest BCUT2D eigenvalue weighted by atomic mass is 9.95. The molecule has 0 radical (unpaired) electrons. The summed E-state index contributed by atoms with van der Waals surface area (Å²) >= 11 is 1.56. The van der Waals surface area contributed by atoms with Gasteiger partial charge in [0.2, 0.25) is 0 Å². The van der Waals surface area contributed by atoms with Gasteiger partial charge in [-0.1, -0.05) is 62.4 Å². The molecule has 2 aromatic carbocycles. The number of nitrogens with zero attached hydrogens (tertiary/aromatic N) is 4. The summed E-state index contributed by atoms with van der Waals surface area (Å²) in [5, 5.41) is 29.8. The Morgan fingerprint density at radius 2 is 2.03 bits per heavy atom. The summed E-state index contributed by atoms with van der Waals surface area (Å²) in [5.74, 6) is -0.444. The Bertz CT molecular complexity index is 1260. The van der Waals surface area contributed by atoms with Crippen LogP contribution in [-0.4, -0.2) is 45.8 Å². The monoisotopic (exact) mass is 502 g/mol. The second kappa shape index (κ2) is 11.8. The Labute approximate surface area is 217 Å². The number of carbonyl (C=O) groups is 1. The molecule has 1 N–H and O–H groups in total. The Morgan fingerprint density at radius 3 is 2.75 bits per heavy atom. The number of likely N-dealkylation sites (tertiary alicyclic amines) is 1. The van der Waals surface area contributed by atoms with E-state index in [0.717, 1.165) is 71.9 Å². The van der Waals surface area contributed by atoms with Crippen molar-refractivity contribution in [1.82, 2.24) is 15.1 Å². The quantitative estimate of drug-likeness (QED) is 0.395. The molecule has 1 aliphatic heterocycles. The molecule has 1 unspecified atom stereocenters. The van der Waals surface area contributed by atoms with E-state index in [1.54, 1.807) is 11.3 Å². The van der Waals surface area contributed by atoms with Gasteiger partial charge in [-0.2, -0.15) is 5.26 Å². The van der Waals surface area contributed by atoms with Crippen LogP contribution in [0.3, 0.4) is 0 Å². The van der Waals surface area contributed by atoms with Crippen molar-refractivity contribution in [1.29, 1.82) is 5.26 Å². The standard InChI is InChI=1S/C29H34N4O2S/c1-4-25-20(12-14-33-13-6-8-23(18-33)29(34)35)7-5-9-26(25)28-32-31-27(36-28)22-11-10-21(15-19(2)3)24(16-22)17-30/h5,7,9-11,16,19,23H,4,6,8,12-15,18H2,1-3H3,(H,34,35). The van der Waals surface area contributed by atoms with Gasteiger partial charge in [0, 0.05) is 24.2 Å². The number of hydrogen-bond donors (Lipinski definition) is 1. The number of hydrogen-bond acceptors (Lipinski definition) is 6. The largest absolute Gasteiger partial charge is 0.481 e. The SMILES string of the molecule is CCc1c(CCN2CCCC(C(=O)O)C2)cccc1-c1nnc(-c2ccc(CC(C)C)c(C#N)c2)s1. The molecule has 7 heteroatoms. The highest BCUT2D eigenvalue weighted by atomic mass is 32.1. The van der Waals surface area contributed by atoms with Crippen LogP contribution in [0.5, 0.6) is 0 Å². The van der Waals surface area contributed by atoms with Crippen molar-refractivity contribution in [3.05, 3.63) is 58.7 Å². The molecule has 2 heterocycles. The minimum atomic E-state index is -0.681. The minimum Gasteiger partial charge on any atom is -0.481 e. The first-order valence-corrected chi connectivity index (χ1v) is 13.6. The van der Waals surface area contributed by atoms with Crippen LogP contribution in [0.2, 0.25) is 0 Å². The van der Waals surface area contributed by atoms with Crippen LogP contribution >= 0.6 is 11.3 Å². The van der Waals surface area contributed by atoms with E-state index < -0.39 is 5.97 Å². The van der Waals surface area contributed by atoms with E-state index >= 15 is 0 Å². The predicted octanol–water partition coefficient (Wildman–Crippen LogP) is 5.84. The Balaban J connectivity index is 1.54. The summed E-state index contributed by atoms with van der Waals surface area (Å²) in [5.41, 5.74) is 6.38. The number of carboxylic acid groups (broad SMARTS) is 1. The van der Waals surface area contributed by atoms with E-state index in [1.807, 2.05) is 18.2 Å². The Kier molecular flexibility index (Phi) is 8.50. The van der Waals surface area contributed by atoms with Gasteiger partial charge in [0.05, 0.1) is 17.6 Å². The summed E-state index contributed by atoms with van der Waals surface area (Å²) in [6.07, 6.45) is 4.37. The molecule has 0 saturated carbocycles. The number of rotatable bonds is 9. The molecule has 188 valence electrons. The highest BCUT2D eigenvalue weighted by molar-refractivity contribution is 7.17. The van der Waals surface area contributed by atoms with Crippen LogP contribution in [0.1, 0.15) is 55.9 Å². The van der Waals surface area contributed by atoms with Crippen molar-refractivity contribution in [3.63, 3.8) is 0 Å². The molecule has 1 fully saturated rings. The maximum Gasteiger partial charge on any atom is 0.307 e. The molecule has 4 rings (SSSR count). The van der Waals surface area contributed by atoms with Crippen LogP contribution in [0.15, 0.2) is 36.4 Å². The van der Waals surface area contributed by atoms with Crippen molar-refractivity contribution >= 4 is 17.3 Å². The van der Waals surface area contributed by atoms with Gasteiger partial charge in [0.25, 0.3) is 0 Å². The number of aliphatic carboxylic acids is 1. The van der Waals surface area contributed by atoms with Crippen LogP contribution in [0, 0.1) is 23.2 Å². The predicted molar refractivity (Wildman–Crippen MR) is 144 cm³/mol. The van der Waals surface area contributed by atoms with Crippen molar-refractivity contribution in [2.75, 3.05) is 19.6 Å². The second-order valence-electron chi connectivity index (χ2n) is 10.0. The third-order valence-electron chi connectivity index (χ3n) is 6.94. The molecule has 1 aliphatic rings. The maximum atomic E-state index is 11.4. The summed E-state index contributed by atoms with van der Waals surface area (Å²) in [4.78, 5) is 13.7. The average Bonchev–Trinajstić information content (AvgIpc) is 3.37. The van der Waals surface area contributed by atoms with Gasteiger partial charge < -0.3 is 10.0 Å². The zero-order valence-electron chi connectivity index (χ0n) is 21.3. The number of piperidine rings is 1. The average molecular weight is 503 g/mol. The fourth-order valence-corrected chi connectivity index (χ4v) is 6.00. The summed E-state index contributed by atoms with van der Waals surface area (Å²) < 4.78 is 0. The van der Waals surface area contributed by atoms with Gasteiger partial charge in [-0.05, 0) is 67.3 Å². The van der Waals surface area contributed by atoms with Crippen LogP contribution in [0.25, 0.3) is 21.1 Å². The van der Waals surface area contributed by atoms with Gasteiger partial charge in [-0.15, -0.1) is 10.2 Å². The lowest BCUT2D eigenvalue weighted by Crippen LogP contribution is -2.39. The molecule has 0 aliphatic carbocycles. The third kappa shape index (κ3) is 6.00. The highest BCUT2D eigenvalue weighted by Crippen LogP contribution is 2.34. The first-order valence-electron chi connectivity index (χ1n) is 12.8. The van der Waals surface area contributed by atoms with E-state index in [4.69, 9.17) is 0 Å². The van der Waals surface area contributed by atoms with E-state index in [2.05, 4.69) is 60.1 Å². The number of benzene rings is 2. The maximum absolute atomic E-state index is 11.4. The molecule has 0 amide bonds. The molecular formula is C29H34N4O2S. The first kappa shape index (κ1) is 26.0. The van der Waals surface area contributed by atoms with Crippen LogP contribution in [-0.2, 0) is 24.1 Å². The van der Waals surface area contributed by atoms with Crippen LogP contribution < -0.4 is 0 Å². The topological polar surface area (TPSA) is 90.1 Å². The zero-order valence-corrected chi connectivity index (χ0v) is 22.1. The van der Waals surface area contributed by atoms with E-state index in [1.165, 1.54) is 11.1 Å². The lowest BCUT2D eigenvalue weighted by molar-refractivity contribution is -0.143. The summed E-state index contributed by atoms with van der Waals surface area (Å²) in [7, 11) is 0. The normalized spacial score (nSPS) is 16.2. The van der Waals surface area contributed by atoms with E-state index in [9.17, 15) is 15.2 Å². The Hall–Kier alpha value is -3.08. The number of aromatic nitrogens is 2. The fraction of sp³-hybridized carbons (Fsp3) is 0.448. The van der Waals surface area contributed by atoms with Crippen molar-refractivity contribution in [3.8, 4) is 27.2 Å². The van der Waals surface area contributed by atoms with Gasteiger partial charge >= 0.3 is 5.97 Å². The molecule has 3 aromatic rings. The molecule has 1 saturated heterocycles. The second-order valence-corrected chi connectivity index (χ2v) is 11.0. The summed E-state index contributed by atoms with van der Waals surface area (Å²) in [6, 6.07) is 14.7. The van der Waals surface area contributed by atoms with Gasteiger partial charge in [-0.25, -0.2) is 0 Å². The molecule has 0 spiro atoms. The highest BCUT2D eigenvalue weighted by Gasteiger charge is 2.25. The minimum absolute atomic E-state index is 0.253. The number of nitriles is 1. The van der Waals surface area contributed by atoms with Gasteiger partial charge in [0.15, 0.2) is 0 Å². The molecule has 0 bridgehead atoms. The molecule has 36 heavy (non-hydrogen) atoms. The first-order chi connectivity index (χ1) is 17.4. The smallest absolute Gasteiger partial charge is 0.307 e. The summed E-state index contributed by atoms with van der Waals surface area (Å²) in [6.45, 7) is 8.94. The van der Waals surface area contributed by atoms with Gasteiger partial charge in [0.1, 0.15) is 10.0 Å².